The van der Waals surface area contributed by atoms with Crippen molar-refractivity contribution >= 4 is 5.97 Å². The number of rotatable bonds is 1. The molecular formula is C30H48O6. The number of aliphatic carboxylic acids is 1. The molecular weight excluding hydrogens is 456 g/mol. The van der Waals surface area contributed by atoms with Crippen LogP contribution in [-0.4, -0.2) is 55.9 Å². The molecule has 0 bridgehead atoms. The highest BCUT2D eigenvalue weighted by atomic mass is 16.4. The molecule has 0 aromatic heterocycles. The van der Waals surface area contributed by atoms with Gasteiger partial charge in [-0.3, -0.25) is 4.79 Å². The SMILES string of the molecule is C[C@H]1[C@H](C)CC[C@]2(C(=O)O)C[C@H](O)[C@]3(C)C(=CC[C@@H]4[C@@]5(C)C[C@@H](O)[C@H](O)C(C)(C)[C@@H]5C[C@H](O)[C@]43C)[C@H]12. The second-order valence-electron chi connectivity index (χ2n) is 14.8. The third-order valence-electron chi connectivity index (χ3n) is 13.5. The Labute approximate surface area is 216 Å². The number of allylic oxidation sites excluding steroid dienone is 1. The van der Waals surface area contributed by atoms with E-state index >= 15 is 0 Å². The molecule has 13 atom stereocenters. The van der Waals surface area contributed by atoms with Gasteiger partial charge in [0, 0.05) is 10.8 Å². The molecule has 0 radical (unpaired) electrons. The molecule has 0 aromatic carbocycles. The van der Waals surface area contributed by atoms with E-state index in [1.54, 1.807) is 0 Å². The van der Waals surface area contributed by atoms with Gasteiger partial charge in [-0.2, -0.15) is 0 Å². The number of carboxylic acid groups (broad SMARTS) is 1. The Kier molecular flexibility index (Phi) is 5.77. The van der Waals surface area contributed by atoms with Gasteiger partial charge >= 0.3 is 5.97 Å². The molecule has 4 saturated carbocycles. The van der Waals surface area contributed by atoms with Crippen molar-refractivity contribution in [2.75, 3.05) is 0 Å². The van der Waals surface area contributed by atoms with Crippen molar-refractivity contribution in [3.8, 4) is 0 Å². The number of hydrogen-bond donors (Lipinski definition) is 5. The summed E-state index contributed by atoms with van der Waals surface area (Å²) in [6, 6.07) is 0. The second-order valence-corrected chi connectivity index (χ2v) is 14.8. The molecule has 5 aliphatic carbocycles. The zero-order valence-corrected chi connectivity index (χ0v) is 23.2. The van der Waals surface area contributed by atoms with Gasteiger partial charge in [0.25, 0.3) is 0 Å². The molecule has 0 saturated heterocycles. The average Bonchev–Trinajstić information content (AvgIpc) is 2.78. The number of hydrogen-bond acceptors (Lipinski definition) is 5. The summed E-state index contributed by atoms with van der Waals surface area (Å²) >= 11 is 0. The quantitative estimate of drug-likeness (QED) is 0.345. The van der Waals surface area contributed by atoms with Crippen LogP contribution in [0.15, 0.2) is 11.6 Å². The summed E-state index contributed by atoms with van der Waals surface area (Å²) in [6.45, 7) is 14.8. The third-order valence-corrected chi connectivity index (χ3v) is 13.5. The number of aliphatic hydroxyl groups excluding tert-OH is 4. The summed E-state index contributed by atoms with van der Waals surface area (Å²) in [5.74, 6) is -0.412. The predicted molar refractivity (Wildman–Crippen MR) is 137 cm³/mol. The van der Waals surface area contributed by atoms with Gasteiger partial charge in [0.1, 0.15) is 0 Å². The first-order chi connectivity index (χ1) is 16.5. The van der Waals surface area contributed by atoms with E-state index in [1.807, 2.05) is 13.8 Å². The Morgan fingerprint density at radius 1 is 0.944 bits per heavy atom. The van der Waals surface area contributed by atoms with Crippen LogP contribution in [-0.2, 0) is 4.79 Å². The van der Waals surface area contributed by atoms with Crippen LogP contribution < -0.4 is 0 Å². The Balaban J connectivity index is 1.70. The fourth-order valence-corrected chi connectivity index (χ4v) is 11.0. The molecule has 204 valence electrons. The first kappa shape index (κ1) is 26.6. The minimum atomic E-state index is -0.973. The summed E-state index contributed by atoms with van der Waals surface area (Å²) < 4.78 is 0. The zero-order chi connectivity index (χ0) is 26.8. The Morgan fingerprint density at radius 2 is 1.58 bits per heavy atom. The van der Waals surface area contributed by atoms with E-state index in [0.29, 0.717) is 31.6 Å². The van der Waals surface area contributed by atoms with E-state index in [0.717, 1.165) is 12.0 Å². The van der Waals surface area contributed by atoms with Gasteiger partial charge in [0.2, 0.25) is 0 Å². The molecule has 36 heavy (non-hydrogen) atoms. The summed E-state index contributed by atoms with van der Waals surface area (Å²) in [6.07, 6.45) is 2.22. The van der Waals surface area contributed by atoms with Crippen molar-refractivity contribution < 1.29 is 30.3 Å². The standard InChI is InChI=1S/C30H48O6/c1-15-10-11-30(25(35)36)14-22(33)28(6)17(23(30)16(15)2)8-9-19-27(5)13-18(31)24(34)26(3,4)20(27)12-21(32)29(19,28)7/h8,15-16,18-24,31-34H,9-14H2,1-7H3,(H,35,36)/t15-,16+,18-,19-,20+,21+,22+,23+,24+,27-,28+,29+,30+/m1/s1. The van der Waals surface area contributed by atoms with Crippen molar-refractivity contribution in [1.29, 1.82) is 0 Å². The van der Waals surface area contributed by atoms with Crippen molar-refractivity contribution in [2.24, 2.45) is 56.7 Å². The van der Waals surface area contributed by atoms with E-state index < -0.39 is 52.0 Å². The predicted octanol–water partition coefficient (Wildman–Crippen LogP) is 4.00. The van der Waals surface area contributed by atoms with Crippen molar-refractivity contribution in [3.63, 3.8) is 0 Å². The number of aliphatic hydroxyl groups is 4. The normalized spacial score (nSPS) is 58.0. The van der Waals surface area contributed by atoms with Gasteiger partial charge in [-0.25, -0.2) is 0 Å². The number of carbonyl (C=O) groups is 1. The Hall–Kier alpha value is -0.950. The molecule has 6 heteroatoms. The lowest BCUT2D eigenvalue weighted by atomic mass is 9.32. The Morgan fingerprint density at radius 3 is 2.19 bits per heavy atom. The van der Waals surface area contributed by atoms with Crippen LogP contribution in [0.4, 0.5) is 0 Å². The average molecular weight is 505 g/mol. The first-order valence-electron chi connectivity index (χ1n) is 14.2. The molecule has 5 rings (SSSR count). The van der Waals surface area contributed by atoms with Crippen LogP contribution in [0.3, 0.4) is 0 Å². The fourth-order valence-electron chi connectivity index (χ4n) is 11.0. The lowest BCUT2D eigenvalue weighted by Gasteiger charge is -2.73. The van der Waals surface area contributed by atoms with Crippen molar-refractivity contribution in [1.82, 2.24) is 0 Å². The van der Waals surface area contributed by atoms with E-state index in [9.17, 15) is 30.3 Å². The van der Waals surface area contributed by atoms with Crippen molar-refractivity contribution in [2.45, 2.75) is 111 Å². The van der Waals surface area contributed by atoms with Crippen LogP contribution in [0.25, 0.3) is 0 Å². The molecule has 6 nitrogen and oxygen atoms in total. The third kappa shape index (κ3) is 2.85. The van der Waals surface area contributed by atoms with Gasteiger partial charge in [0.05, 0.1) is 29.8 Å². The maximum absolute atomic E-state index is 12.9. The van der Waals surface area contributed by atoms with E-state index in [4.69, 9.17) is 0 Å². The highest BCUT2D eigenvalue weighted by molar-refractivity contribution is 5.77. The van der Waals surface area contributed by atoms with Gasteiger partial charge < -0.3 is 25.5 Å². The second kappa shape index (κ2) is 7.80. The lowest BCUT2D eigenvalue weighted by Crippen LogP contribution is -2.73. The van der Waals surface area contributed by atoms with Crippen molar-refractivity contribution in [3.05, 3.63) is 11.6 Å². The molecule has 4 fully saturated rings. The van der Waals surface area contributed by atoms with E-state index in [-0.39, 0.29) is 35.5 Å². The number of carboxylic acids is 1. The van der Waals surface area contributed by atoms with Crippen LogP contribution >= 0.6 is 0 Å². The molecule has 0 aromatic rings. The molecule has 0 unspecified atom stereocenters. The summed E-state index contributed by atoms with van der Waals surface area (Å²) in [7, 11) is 0. The van der Waals surface area contributed by atoms with Gasteiger partial charge in [-0.15, -0.1) is 0 Å². The maximum Gasteiger partial charge on any atom is 0.310 e. The Bertz CT molecular complexity index is 974. The van der Waals surface area contributed by atoms with Crippen LogP contribution in [0.1, 0.15) is 87.0 Å². The largest absolute Gasteiger partial charge is 0.481 e. The molecule has 0 aliphatic heterocycles. The molecule has 5 aliphatic rings. The van der Waals surface area contributed by atoms with Gasteiger partial charge in [0.15, 0.2) is 0 Å². The van der Waals surface area contributed by atoms with Gasteiger partial charge in [-0.05, 0) is 78.9 Å². The fraction of sp³-hybridized carbons (Fsp3) is 0.900. The zero-order valence-electron chi connectivity index (χ0n) is 23.2. The minimum absolute atomic E-state index is 0.0162. The number of fused-ring (bicyclic) bond motifs is 7. The van der Waals surface area contributed by atoms with Crippen LogP contribution in [0.5, 0.6) is 0 Å². The molecule has 0 heterocycles. The summed E-state index contributed by atoms with van der Waals surface area (Å²) in [5, 5.41) is 56.4. The molecule has 5 N–H and O–H groups in total. The monoisotopic (exact) mass is 504 g/mol. The molecule has 0 amide bonds. The summed E-state index contributed by atoms with van der Waals surface area (Å²) in [4.78, 5) is 12.9. The van der Waals surface area contributed by atoms with Crippen LogP contribution in [0, 0.1) is 56.7 Å². The van der Waals surface area contributed by atoms with E-state index in [1.165, 1.54) is 0 Å². The first-order valence-corrected chi connectivity index (χ1v) is 14.2. The van der Waals surface area contributed by atoms with E-state index in [2.05, 4.69) is 40.7 Å². The van der Waals surface area contributed by atoms with Crippen LogP contribution in [0.2, 0.25) is 0 Å². The maximum atomic E-state index is 12.9. The lowest BCUT2D eigenvalue weighted by molar-refractivity contribution is -0.276. The topological polar surface area (TPSA) is 118 Å². The highest BCUT2D eigenvalue weighted by Gasteiger charge is 2.74. The minimum Gasteiger partial charge on any atom is -0.481 e. The van der Waals surface area contributed by atoms with Gasteiger partial charge in [-0.1, -0.05) is 60.1 Å². The summed E-state index contributed by atoms with van der Waals surface area (Å²) in [5.41, 5.74) is -2.30. The highest BCUT2D eigenvalue weighted by Crippen LogP contribution is 2.75. The molecule has 0 spiro atoms. The smallest absolute Gasteiger partial charge is 0.310 e.